The smallest absolute Gasteiger partial charge is 0.273 e. The molecule has 3 N–H and O–H groups in total. The second kappa shape index (κ2) is 6.85. The van der Waals surface area contributed by atoms with Gasteiger partial charge in [0.1, 0.15) is 5.75 Å². The van der Waals surface area contributed by atoms with Gasteiger partial charge in [-0.1, -0.05) is 17.3 Å². The van der Waals surface area contributed by atoms with Crippen LogP contribution in [0.4, 0.5) is 0 Å². The monoisotopic (exact) mass is 289 g/mol. The lowest BCUT2D eigenvalue weighted by molar-refractivity contribution is 0.0934. The van der Waals surface area contributed by atoms with E-state index < -0.39 is 0 Å². The zero-order chi connectivity index (χ0) is 15.2. The minimum Gasteiger partial charge on any atom is -0.497 e. The van der Waals surface area contributed by atoms with Crippen molar-refractivity contribution in [2.45, 2.75) is 19.5 Å². The van der Waals surface area contributed by atoms with Gasteiger partial charge in [0.2, 0.25) is 0 Å². The van der Waals surface area contributed by atoms with E-state index in [1.54, 1.807) is 18.0 Å². The Labute approximate surface area is 123 Å². The zero-order valence-electron chi connectivity index (χ0n) is 12.1. The Morgan fingerprint density at radius 3 is 2.76 bits per heavy atom. The van der Waals surface area contributed by atoms with Crippen LogP contribution in [-0.4, -0.2) is 34.6 Å². The van der Waals surface area contributed by atoms with E-state index in [1.165, 1.54) is 0 Å². The van der Waals surface area contributed by atoms with Gasteiger partial charge >= 0.3 is 0 Å². The van der Waals surface area contributed by atoms with Crippen LogP contribution in [0.5, 0.6) is 5.75 Å². The number of nitrogens with two attached hydrogens (primary N) is 1. The number of ether oxygens (including phenoxy) is 1. The predicted octanol–water partition coefficient (Wildman–Crippen LogP) is 0.736. The molecule has 7 heteroatoms. The number of rotatable bonds is 6. The second-order valence-electron chi connectivity index (χ2n) is 4.62. The molecule has 2 rings (SSSR count). The maximum Gasteiger partial charge on any atom is 0.273 e. The maximum atomic E-state index is 12.1. The Morgan fingerprint density at radius 1 is 1.43 bits per heavy atom. The maximum absolute atomic E-state index is 12.1. The largest absolute Gasteiger partial charge is 0.497 e. The Morgan fingerprint density at radius 2 is 2.14 bits per heavy atom. The Kier molecular flexibility index (Phi) is 4.89. The summed E-state index contributed by atoms with van der Waals surface area (Å²) in [6.45, 7) is 2.89. The van der Waals surface area contributed by atoms with Gasteiger partial charge < -0.3 is 15.8 Å². The highest BCUT2D eigenvalue weighted by molar-refractivity contribution is 5.92. The third-order valence-corrected chi connectivity index (χ3v) is 3.09. The summed E-state index contributed by atoms with van der Waals surface area (Å²) < 4.78 is 6.66. The lowest BCUT2D eigenvalue weighted by atomic mass is 10.1. The van der Waals surface area contributed by atoms with Gasteiger partial charge in [0.05, 0.1) is 25.9 Å². The SMILES string of the molecule is COc1ccc([C@H](C)NC(=O)c2cn(CCN)nn2)cc1. The molecule has 0 saturated heterocycles. The number of amides is 1. The lowest BCUT2D eigenvalue weighted by Gasteiger charge is -2.13. The molecule has 1 aromatic carbocycles. The first-order valence-electron chi connectivity index (χ1n) is 6.69. The Balaban J connectivity index is 1.99. The van der Waals surface area contributed by atoms with Crippen LogP contribution >= 0.6 is 0 Å². The second-order valence-corrected chi connectivity index (χ2v) is 4.62. The van der Waals surface area contributed by atoms with Gasteiger partial charge in [-0.2, -0.15) is 0 Å². The molecule has 0 aliphatic heterocycles. The highest BCUT2D eigenvalue weighted by atomic mass is 16.5. The van der Waals surface area contributed by atoms with Crippen molar-refractivity contribution in [1.29, 1.82) is 0 Å². The topological polar surface area (TPSA) is 95.1 Å². The molecule has 112 valence electrons. The number of nitrogens with one attached hydrogen (secondary N) is 1. The molecule has 0 spiro atoms. The van der Waals surface area contributed by atoms with Gasteiger partial charge in [-0.15, -0.1) is 5.10 Å². The summed E-state index contributed by atoms with van der Waals surface area (Å²) in [5, 5.41) is 10.6. The molecule has 1 heterocycles. The molecule has 7 nitrogen and oxygen atoms in total. The molecule has 2 aromatic rings. The summed E-state index contributed by atoms with van der Waals surface area (Å²) in [4.78, 5) is 12.1. The van der Waals surface area contributed by atoms with Crippen LogP contribution in [-0.2, 0) is 6.54 Å². The van der Waals surface area contributed by atoms with E-state index >= 15 is 0 Å². The highest BCUT2D eigenvalue weighted by Gasteiger charge is 2.14. The molecule has 0 bridgehead atoms. The fourth-order valence-electron chi connectivity index (χ4n) is 1.89. The fourth-order valence-corrected chi connectivity index (χ4v) is 1.89. The molecule has 1 atom stereocenters. The van der Waals surface area contributed by atoms with Gasteiger partial charge in [-0.3, -0.25) is 9.48 Å². The number of carbonyl (C=O) groups is 1. The van der Waals surface area contributed by atoms with E-state index in [0.29, 0.717) is 13.1 Å². The lowest BCUT2D eigenvalue weighted by Crippen LogP contribution is -2.27. The van der Waals surface area contributed by atoms with Gasteiger partial charge in [0.15, 0.2) is 5.69 Å². The summed E-state index contributed by atoms with van der Waals surface area (Å²) in [7, 11) is 1.62. The van der Waals surface area contributed by atoms with Crippen molar-refractivity contribution in [3.63, 3.8) is 0 Å². The predicted molar refractivity (Wildman–Crippen MR) is 78.0 cm³/mol. The van der Waals surface area contributed by atoms with Gasteiger partial charge in [0.25, 0.3) is 5.91 Å². The molecule has 0 unspecified atom stereocenters. The molecular formula is C14H19N5O2. The normalized spacial score (nSPS) is 12.0. The quantitative estimate of drug-likeness (QED) is 0.817. The summed E-state index contributed by atoms with van der Waals surface area (Å²) in [5.74, 6) is 0.517. The molecule has 0 fully saturated rings. The van der Waals surface area contributed by atoms with E-state index in [2.05, 4.69) is 15.6 Å². The van der Waals surface area contributed by atoms with Crippen molar-refractivity contribution in [2.24, 2.45) is 5.73 Å². The first-order chi connectivity index (χ1) is 10.1. The molecule has 0 aliphatic carbocycles. The van der Waals surface area contributed by atoms with Gasteiger partial charge in [-0.25, -0.2) is 0 Å². The standard InChI is InChI=1S/C14H19N5O2/c1-10(11-3-5-12(21-2)6-4-11)16-14(20)13-9-19(8-7-15)18-17-13/h3-6,9-10H,7-8,15H2,1-2H3,(H,16,20)/t10-/m0/s1. The third-order valence-electron chi connectivity index (χ3n) is 3.09. The van der Waals surface area contributed by atoms with Crippen LogP contribution < -0.4 is 15.8 Å². The van der Waals surface area contributed by atoms with E-state index in [4.69, 9.17) is 10.5 Å². The van der Waals surface area contributed by atoms with Gasteiger partial charge in [-0.05, 0) is 24.6 Å². The van der Waals surface area contributed by atoms with Crippen LogP contribution in [0.15, 0.2) is 30.5 Å². The summed E-state index contributed by atoms with van der Waals surface area (Å²) in [6.07, 6.45) is 1.59. The van der Waals surface area contributed by atoms with Crippen molar-refractivity contribution in [2.75, 3.05) is 13.7 Å². The molecule has 0 radical (unpaired) electrons. The number of methoxy groups -OCH3 is 1. The zero-order valence-corrected chi connectivity index (χ0v) is 12.1. The minimum atomic E-state index is -0.262. The molecular weight excluding hydrogens is 270 g/mol. The van der Waals surface area contributed by atoms with Crippen LogP contribution in [0.2, 0.25) is 0 Å². The Bertz CT molecular complexity index is 594. The van der Waals surface area contributed by atoms with Crippen molar-refractivity contribution in [3.8, 4) is 5.75 Å². The van der Waals surface area contributed by atoms with E-state index in [0.717, 1.165) is 11.3 Å². The highest BCUT2D eigenvalue weighted by Crippen LogP contribution is 2.17. The fraction of sp³-hybridized carbons (Fsp3) is 0.357. The summed E-state index contributed by atoms with van der Waals surface area (Å²) in [5.41, 5.74) is 6.69. The molecule has 0 saturated carbocycles. The minimum absolute atomic E-state index is 0.136. The van der Waals surface area contributed by atoms with Crippen LogP contribution in [0.1, 0.15) is 29.0 Å². The third kappa shape index (κ3) is 3.79. The van der Waals surface area contributed by atoms with Crippen LogP contribution in [0.25, 0.3) is 0 Å². The van der Waals surface area contributed by atoms with E-state index in [1.807, 2.05) is 31.2 Å². The van der Waals surface area contributed by atoms with Crippen molar-refractivity contribution in [3.05, 3.63) is 41.7 Å². The number of hydrogen-bond donors (Lipinski definition) is 2. The van der Waals surface area contributed by atoms with E-state index in [-0.39, 0.29) is 17.6 Å². The first-order valence-corrected chi connectivity index (χ1v) is 6.69. The average Bonchev–Trinajstić information content (AvgIpc) is 2.96. The number of benzene rings is 1. The number of aromatic nitrogens is 3. The molecule has 1 amide bonds. The summed E-state index contributed by atoms with van der Waals surface area (Å²) >= 11 is 0. The molecule has 0 aliphatic rings. The molecule has 1 aromatic heterocycles. The van der Waals surface area contributed by atoms with Crippen molar-refractivity contribution in [1.82, 2.24) is 20.3 Å². The number of carbonyl (C=O) groups excluding carboxylic acids is 1. The Hall–Kier alpha value is -2.41. The van der Waals surface area contributed by atoms with Crippen LogP contribution in [0, 0.1) is 0 Å². The van der Waals surface area contributed by atoms with E-state index in [9.17, 15) is 4.79 Å². The molecule has 21 heavy (non-hydrogen) atoms. The van der Waals surface area contributed by atoms with Crippen molar-refractivity contribution >= 4 is 5.91 Å². The van der Waals surface area contributed by atoms with Gasteiger partial charge in [0, 0.05) is 6.54 Å². The number of hydrogen-bond acceptors (Lipinski definition) is 5. The summed E-state index contributed by atoms with van der Waals surface area (Å²) in [6, 6.07) is 7.40. The first kappa shape index (κ1) is 15.0. The average molecular weight is 289 g/mol. The number of nitrogens with zero attached hydrogens (tertiary/aromatic N) is 3. The van der Waals surface area contributed by atoms with Crippen LogP contribution in [0.3, 0.4) is 0 Å². The van der Waals surface area contributed by atoms with Crippen molar-refractivity contribution < 1.29 is 9.53 Å².